The molecule has 0 unspecified atom stereocenters. The van der Waals surface area contributed by atoms with Gasteiger partial charge in [0.25, 0.3) is 0 Å². The third-order valence-electron chi connectivity index (χ3n) is 3.21. The van der Waals surface area contributed by atoms with E-state index < -0.39 is 22.1 Å². The Hall–Kier alpha value is -2.09. The van der Waals surface area contributed by atoms with Crippen LogP contribution < -0.4 is 10.6 Å². The van der Waals surface area contributed by atoms with Gasteiger partial charge in [-0.3, -0.25) is 5.32 Å². The lowest BCUT2D eigenvalue weighted by molar-refractivity contribution is 0.214. The smallest absolute Gasteiger partial charge is 0.331 e. The van der Waals surface area contributed by atoms with E-state index in [-0.39, 0.29) is 12.6 Å². The van der Waals surface area contributed by atoms with Gasteiger partial charge < -0.3 is 5.32 Å². The molecule has 0 saturated heterocycles. The van der Waals surface area contributed by atoms with E-state index in [0.717, 1.165) is 18.2 Å². The predicted molar refractivity (Wildman–Crippen MR) is 88.4 cm³/mol. The van der Waals surface area contributed by atoms with Crippen LogP contribution in [0, 0.1) is 0 Å². The average molecular weight is 341 g/mol. The number of sulfonamides is 1. The molecule has 0 bridgehead atoms. The summed E-state index contributed by atoms with van der Waals surface area (Å²) >= 11 is 0. The van der Waals surface area contributed by atoms with Gasteiger partial charge in [-0.2, -0.15) is 0 Å². The van der Waals surface area contributed by atoms with Crippen molar-refractivity contribution in [2.75, 3.05) is 12.8 Å². The normalized spacial score (nSPS) is 12.3. The van der Waals surface area contributed by atoms with Crippen LogP contribution in [-0.4, -0.2) is 37.6 Å². The summed E-state index contributed by atoms with van der Waals surface area (Å²) in [6.07, 6.45) is 2.20. The van der Waals surface area contributed by atoms with E-state index in [9.17, 15) is 18.0 Å². The molecule has 8 heteroatoms. The number of hydrogen-bond donors (Lipinski definition) is 2. The second-order valence-electron chi connectivity index (χ2n) is 5.22. The number of nitrogens with zero attached hydrogens (tertiary/aromatic N) is 1. The molecule has 1 aromatic carbocycles. The van der Waals surface area contributed by atoms with E-state index in [1.807, 2.05) is 37.3 Å². The molecule has 1 atom stereocenters. The summed E-state index contributed by atoms with van der Waals surface area (Å²) in [5.74, 6) is 0. The lowest BCUT2D eigenvalue weighted by atomic mass is 10.1. The first-order valence-corrected chi connectivity index (χ1v) is 9.24. The number of carbonyl (C=O) groups is 2. The molecule has 128 valence electrons. The zero-order valence-corrected chi connectivity index (χ0v) is 14.4. The second-order valence-corrected chi connectivity index (χ2v) is 7.13. The van der Waals surface area contributed by atoms with Crippen molar-refractivity contribution >= 4 is 22.1 Å². The quantitative estimate of drug-likeness (QED) is 0.829. The standard InChI is InChI=1S/C15H23N3O4S/c1-4-5-11-18(23(3,21)22)15(20)17-14(19)16-12(2)13-9-7-6-8-10-13/h6-10,12H,4-5,11H2,1-3H3,(H2,16,17,19,20)/t12-/m0/s1. The topological polar surface area (TPSA) is 95.6 Å². The van der Waals surface area contributed by atoms with E-state index >= 15 is 0 Å². The van der Waals surface area contributed by atoms with Crippen LogP contribution in [-0.2, 0) is 10.0 Å². The molecule has 0 heterocycles. The van der Waals surface area contributed by atoms with Gasteiger partial charge in [0.1, 0.15) is 0 Å². The van der Waals surface area contributed by atoms with Crippen LogP contribution in [0.25, 0.3) is 0 Å². The molecule has 0 radical (unpaired) electrons. The maximum absolute atomic E-state index is 12.0. The molecule has 0 fully saturated rings. The third-order valence-corrected chi connectivity index (χ3v) is 4.36. The van der Waals surface area contributed by atoms with Crippen LogP contribution in [0.15, 0.2) is 30.3 Å². The first-order valence-electron chi connectivity index (χ1n) is 7.39. The average Bonchev–Trinajstić information content (AvgIpc) is 2.46. The Morgan fingerprint density at radius 1 is 1.22 bits per heavy atom. The van der Waals surface area contributed by atoms with Crippen LogP contribution >= 0.6 is 0 Å². The Labute approximate surface area is 137 Å². The Morgan fingerprint density at radius 3 is 2.35 bits per heavy atom. The van der Waals surface area contributed by atoms with Crippen molar-refractivity contribution in [2.24, 2.45) is 0 Å². The van der Waals surface area contributed by atoms with Crippen molar-refractivity contribution in [3.63, 3.8) is 0 Å². The number of imide groups is 1. The highest BCUT2D eigenvalue weighted by molar-refractivity contribution is 7.88. The fourth-order valence-corrected chi connectivity index (χ4v) is 2.74. The summed E-state index contributed by atoms with van der Waals surface area (Å²) in [7, 11) is -3.72. The van der Waals surface area contributed by atoms with Crippen LogP contribution in [0.2, 0.25) is 0 Å². The van der Waals surface area contributed by atoms with Gasteiger partial charge in [0.15, 0.2) is 0 Å². The van der Waals surface area contributed by atoms with E-state index in [2.05, 4.69) is 10.6 Å². The molecule has 0 aliphatic rings. The molecule has 0 aliphatic heterocycles. The molecule has 0 aliphatic carbocycles. The van der Waals surface area contributed by atoms with Crippen molar-refractivity contribution < 1.29 is 18.0 Å². The van der Waals surface area contributed by atoms with Gasteiger partial charge in [-0.1, -0.05) is 43.7 Å². The first kappa shape index (κ1) is 19.0. The lowest BCUT2D eigenvalue weighted by Crippen LogP contribution is -2.49. The predicted octanol–water partition coefficient (Wildman–Crippen LogP) is 2.23. The maximum atomic E-state index is 12.0. The van der Waals surface area contributed by atoms with E-state index in [0.29, 0.717) is 10.7 Å². The van der Waals surface area contributed by atoms with Crippen molar-refractivity contribution in [3.05, 3.63) is 35.9 Å². The number of amides is 4. The van der Waals surface area contributed by atoms with Crippen LogP contribution in [0.4, 0.5) is 9.59 Å². The van der Waals surface area contributed by atoms with E-state index in [4.69, 9.17) is 0 Å². The molecule has 0 saturated carbocycles. The lowest BCUT2D eigenvalue weighted by Gasteiger charge is -2.21. The molecule has 7 nitrogen and oxygen atoms in total. The minimum absolute atomic E-state index is 0.0443. The number of nitrogens with one attached hydrogen (secondary N) is 2. The zero-order valence-electron chi connectivity index (χ0n) is 13.6. The molecule has 0 spiro atoms. The first-order chi connectivity index (χ1) is 10.8. The summed E-state index contributed by atoms with van der Waals surface area (Å²) < 4.78 is 23.9. The van der Waals surface area contributed by atoms with Crippen molar-refractivity contribution in [2.45, 2.75) is 32.7 Å². The summed E-state index contributed by atoms with van der Waals surface area (Å²) in [5.41, 5.74) is 0.876. The van der Waals surface area contributed by atoms with E-state index in [1.54, 1.807) is 6.92 Å². The SMILES string of the molecule is CCCCN(C(=O)NC(=O)N[C@@H](C)c1ccccc1)S(C)(=O)=O. The van der Waals surface area contributed by atoms with Crippen LogP contribution in [0.1, 0.15) is 38.3 Å². The highest BCUT2D eigenvalue weighted by atomic mass is 32.2. The number of benzene rings is 1. The molecule has 1 aromatic rings. The van der Waals surface area contributed by atoms with Gasteiger partial charge in [0.2, 0.25) is 10.0 Å². The van der Waals surface area contributed by atoms with Gasteiger partial charge >= 0.3 is 12.1 Å². The van der Waals surface area contributed by atoms with Crippen molar-refractivity contribution in [1.29, 1.82) is 0 Å². The number of hydrogen-bond acceptors (Lipinski definition) is 4. The third kappa shape index (κ3) is 6.27. The van der Waals surface area contributed by atoms with Crippen molar-refractivity contribution in [3.8, 4) is 0 Å². The number of urea groups is 2. The van der Waals surface area contributed by atoms with Gasteiger partial charge in [-0.15, -0.1) is 0 Å². The molecule has 0 aromatic heterocycles. The van der Waals surface area contributed by atoms with Gasteiger partial charge in [0, 0.05) is 6.54 Å². The Kier molecular flexibility index (Phi) is 7.02. The second kappa shape index (κ2) is 8.52. The molecule has 23 heavy (non-hydrogen) atoms. The highest BCUT2D eigenvalue weighted by Crippen LogP contribution is 2.10. The summed E-state index contributed by atoms with van der Waals surface area (Å²) in [6, 6.07) is 7.23. The minimum atomic E-state index is -3.72. The largest absolute Gasteiger partial charge is 0.339 e. The number of rotatable bonds is 6. The summed E-state index contributed by atoms with van der Waals surface area (Å²) in [4.78, 5) is 23.9. The molecule has 1 rings (SSSR count). The summed E-state index contributed by atoms with van der Waals surface area (Å²) in [5, 5.41) is 4.65. The number of unbranched alkanes of at least 4 members (excludes halogenated alkanes) is 1. The van der Waals surface area contributed by atoms with E-state index in [1.165, 1.54) is 0 Å². The Bertz CT molecular complexity index is 631. The van der Waals surface area contributed by atoms with Crippen molar-refractivity contribution in [1.82, 2.24) is 14.9 Å². The van der Waals surface area contributed by atoms with Gasteiger partial charge in [-0.05, 0) is 18.9 Å². The summed E-state index contributed by atoms with van der Waals surface area (Å²) in [6.45, 7) is 3.69. The Morgan fingerprint density at radius 2 is 1.83 bits per heavy atom. The Balaban J connectivity index is 2.65. The van der Waals surface area contributed by atoms with Gasteiger partial charge in [-0.25, -0.2) is 22.3 Å². The fourth-order valence-electron chi connectivity index (χ4n) is 1.94. The maximum Gasteiger partial charge on any atom is 0.339 e. The monoisotopic (exact) mass is 341 g/mol. The molecule has 4 amide bonds. The fraction of sp³-hybridized carbons (Fsp3) is 0.467. The zero-order chi connectivity index (χ0) is 17.5. The number of carbonyl (C=O) groups excluding carboxylic acids is 2. The molecule has 2 N–H and O–H groups in total. The highest BCUT2D eigenvalue weighted by Gasteiger charge is 2.24. The minimum Gasteiger partial charge on any atom is -0.331 e. The molecular weight excluding hydrogens is 318 g/mol. The van der Waals surface area contributed by atoms with Crippen LogP contribution in [0.3, 0.4) is 0 Å². The van der Waals surface area contributed by atoms with Crippen LogP contribution in [0.5, 0.6) is 0 Å². The molecular formula is C15H23N3O4S. The van der Waals surface area contributed by atoms with Gasteiger partial charge in [0.05, 0.1) is 12.3 Å².